The number of rotatable bonds is 3. The number of halogens is 1. The number of aromatic nitrogens is 2. The highest BCUT2D eigenvalue weighted by molar-refractivity contribution is 7.99. The summed E-state index contributed by atoms with van der Waals surface area (Å²) in [4.78, 5) is 33.1. The van der Waals surface area contributed by atoms with Gasteiger partial charge >= 0.3 is 5.97 Å². The molecule has 1 aromatic rings. The Bertz CT molecular complexity index is 553. The SMILES string of the molecule is CC(C)c1ncc(Cl)c(C(=O)N2CSCC2C(=O)O)n1. The van der Waals surface area contributed by atoms with Crippen LogP contribution in [-0.4, -0.2) is 49.5 Å². The maximum absolute atomic E-state index is 12.4. The van der Waals surface area contributed by atoms with Crippen LogP contribution in [0.25, 0.3) is 0 Å². The van der Waals surface area contributed by atoms with E-state index in [1.54, 1.807) is 0 Å². The van der Waals surface area contributed by atoms with E-state index >= 15 is 0 Å². The minimum absolute atomic E-state index is 0.0574. The lowest BCUT2D eigenvalue weighted by molar-refractivity contribution is -0.140. The maximum Gasteiger partial charge on any atom is 0.327 e. The predicted molar refractivity (Wildman–Crippen MR) is 76.0 cm³/mol. The summed E-state index contributed by atoms with van der Waals surface area (Å²) >= 11 is 7.37. The molecule has 20 heavy (non-hydrogen) atoms. The van der Waals surface area contributed by atoms with Crippen LogP contribution in [0.4, 0.5) is 0 Å². The first-order valence-electron chi connectivity index (χ1n) is 6.05. The number of hydrogen-bond donors (Lipinski definition) is 1. The van der Waals surface area contributed by atoms with Crippen molar-refractivity contribution in [2.75, 3.05) is 11.6 Å². The number of aliphatic carboxylic acids is 1. The van der Waals surface area contributed by atoms with Crippen molar-refractivity contribution in [1.29, 1.82) is 0 Å². The lowest BCUT2D eigenvalue weighted by Gasteiger charge is -2.20. The highest BCUT2D eigenvalue weighted by atomic mass is 35.5. The number of carboxylic acid groups (broad SMARTS) is 1. The second-order valence-electron chi connectivity index (χ2n) is 4.71. The molecule has 0 aliphatic carbocycles. The number of thioether (sulfide) groups is 1. The van der Waals surface area contributed by atoms with E-state index in [2.05, 4.69) is 9.97 Å². The Morgan fingerprint density at radius 1 is 1.55 bits per heavy atom. The summed E-state index contributed by atoms with van der Waals surface area (Å²) in [6.07, 6.45) is 1.39. The number of hydrogen-bond acceptors (Lipinski definition) is 5. The molecule has 6 nitrogen and oxygen atoms in total. The minimum Gasteiger partial charge on any atom is -0.480 e. The summed E-state index contributed by atoms with van der Waals surface area (Å²) in [6, 6.07) is -0.832. The van der Waals surface area contributed by atoms with Gasteiger partial charge in [-0.05, 0) is 0 Å². The van der Waals surface area contributed by atoms with Gasteiger partial charge in [0.15, 0.2) is 5.69 Å². The molecule has 8 heteroatoms. The standard InChI is InChI=1S/C12H14ClN3O3S/c1-6(2)10-14-3-7(13)9(15-10)11(17)16-5-20-4-8(16)12(18)19/h3,6,8H,4-5H2,1-2H3,(H,18,19). The molecular weight excluding hydrogens is 302 g/mol. The molecule has 0 saturated carbocycles. The highest BCUT2D eigenvalue weighted by Gasteiger charge is 2.36. The van der Waals surface area contributed by atoms with Gasteiger partial charge in [0.2, 0.25) is 0 Å². The first-order valence-corrected chi connectivity index (χ1v) is 7.59. The monoisotopic (exact) mass is 315 g/mol. The fourth-order valence-corrected chi connectivity index (χ4v) is 3.11. The smallest absolute Gasteiger partial charge is 0.327 e. The van der Waals surface area contributed by atoms with Crippen LogP contribution in [0, 0.1) is 0 Å². The van der Waals surface area contributed by atoms with Crippen molar-refractivity contribution in [3.63, 3.8) is 0 Å². The van der Waals surface area contributed by atoms with Gasteiger partial charge in [0, 0.05) is 11.7 Å². The molecule has 1 amide bonds. The van der Waals surface area contributed by atoms with Gasteiger partial charge in [0.05, 0.1) is 17.1 Å². The van der Waals surface area contributed by atoms with Gasteiger partial charge in [-0.15, -0.1) is 11.8 Å². The second-order valence-corrected chi connectivity index (χ2v) is 6.12. The van der Waals surface area contributed by atoms with E-state index in [4.69, 9.17) is 16.7 Å². The summed E-state index contributed by atoms with van der Waals surface area (Å²) in [5, 5.41) is 9.26. The Morgan fingerprint density at radius 3 is 2.85 bits per heavy atom. The first kappa shape index (κ1) is 15.1. The summed E-state index contributed by atoms with van der Waals surface area (Å²) < 4.78 is 0. The van der Waals surface area contributed by atoms with E-state index in [0.717, 1.165) is 0 Å². The number of nitrogens with zero attached hydrogens (tertiary/aromatic N) is 3. The van der Waals surface area contributed by atoms with E-state index in [1.807, 2.05) is 13.8 Å². The fraction of sp³-hybridized carbons (Fsp3) is 0.500. The van der Waals surface area contributed by atoms with Crippen molar-refractivity contribution < 1.29 is 14.7 Å². The van der Waals surface area contributed by atoms with Crippen LogP contribution in [-0.2, 0) is 4.79 Å². The van der Waals surface area contributed by atoms with Crippen LogP contribution in [0.15, 0.2) is 6.20 Å². The average Bonchev–Trinajstić information content (AvgIpc) is 2.87. The zero-order chi connectivity index (χ0) is 14.9. The lowest BCUT2D eigenvalue weighted by atomic mass is 10.2. The number of amides is 1. The largest absolute Gasteiger partial charge is 0.480 e. The van der Waals surface area contributed by atoms with Gasteiger partial charge < -0.3 is 10.0 Å². The predicted octanol–water partition coefficient (Wildman–Crippen LogP) is 1.85. The Hall–Kier alpha value is -1.34. The third-order valence-corrected chi connectivity index (χ3v) is 4.20. The molecule has 1 N–H and O–H groups in total. The quantitative estimate of drug-likeness (QED) is 0.916. The topological polar surface area (TPSA) is 83.4 Å². The molecule has 1 aliphatic rings. The van der Waals surface area contributed by atoms with Gasteiger partial charge in [-0.2, -0.15) is 0 Å². The lowest BCUT2D eigenvalue weighted by Crippen LogP contribution is -2.42. The second kappa shape index (κ2) is 5.97. The van der Waals surface area contributed by atoms with Gasteiger partial charge in [-0.1, -0.05) is 25.4 Å². The normalized spacial score (nSPS) is 18.6. The Kier molecular flexibility index (Phi) is 4.49. The molecule has 0 aromatic carbocycles. The molecule has 0 radical (unpaired) electrons. The number of carbonyl (C=O) groups excluding carboxylic acids is 1. The molecule has 1 aromatic heterocycles. The van der Waals surface area contributed by atoms with Gasteiger partial charge in [0.1, 0.15) is 11.9 Å². The molecule has 1 unspecified atom stereocenters. The van der Waals surface area contributed by atoms with Crippen molar-refractivity contribution in [3.8, 4) is 0 Å². The van der Waals surface area contributed by atoms with Crippen molar-refractivity contribution in [3.05, 3.63) is 22.7 Å². The van der Waals surface area contributed by atoms with E-state index in [9.17, 15) is 9.59 Å². The van der Waals surface area contributed by atoms with E-state index in [-0.39, 0.29) is 16.6 Å². The molecule has 2 rings (SSSR count). The first-order chi connectivity index (χ1) is 9.41. The molecule has 0 bridgehead atoms. The summed E-state index contributed by atoms with van der Waals surface area (Å²) in [6.45, 7) is 3.81. The fourth-order valence-electron chi connectivity index (χ4n) is 1.79. The Labute approximate surface area is 125 Å². The van der Waals surface area contributed by atoms with Crippen LogP contribution in [0.5, 0.6) is 0 Å². The van der Waals surface area contributed by atoms with Crippen molar-refractivity contribution in [2.24, 2.45) is 0 Å². The van der Waals surface area contributed by atoms with E-state index in [1.165, 1.54) is 22.9 Å². The minimum atomic E-state index is -1.02. The zero-order valence-electron chi connectivity index (χ0n) is 11.0. The Morgan fingerprint density at radius 2 is 2.25 bits per heavy atom. The highest BCUT2D eigenvalue weighted by Crippen LogP contribution is 2.25. The van der Waals surface area contributed by atoms with Crippen LogP contribution in [0.1, 0.15) is 36.1 Å². The van der Waals surface area contributed by atoms with Gasteiger partial charge in [0.25, 0.3) is 5.91 Å². The van der Waals surface area contributed by atoms with E-state index in [0.29, 0.717) is 17.5 Å². The molecule has 0 spiro atoms. The maximum atomic E-state index is 12.4. The summed E-state index contributed by atoms with van der Waals surface area (Å²) in [5.74, 6) is -0.207. The molecule has 1 aliphatic heterocycles. The Balaban J connectivity index is 2.33. The molecule has 2 heterocycles. The van der Waals surface area contributed by atoms with E-state index < -0.39 is 17.9 Å². The van der Waals surface area contributed by atoms with Crippen LogP contribution >= 0.6 is 23.4 Å². The number of carbonyl (C=O) groups is 2. The molecule has 1 fully saturated rings. The average molecular weight is 316 g/mol. The molecule has 1 atom stereocenters. The van der Waals surface area contributed by atoms with Crippen molar-refractivity contribution in [2.45, 2.75) is 25.8 Å². The third-order valence-electron chi connectivity index (χ3n) is 2.91. The molecule has 108 valence electrons. The van der Waals surface area contributed by atoms with Crippen LogP contribution in [0.3, 0.4) is 0 Å². The van der Waals surface area contributed by atoms with Crippen LogP contribution in [0.2, 0.25) is 5.02 Å². The summed E-state index contributed by atoms with van der Waals surface area (Å²) in [5.41, 5.74) is 0.0686. The summed E-state index contributed by atoms with van der Waals surface area (Å²) in [7, 11) is 0. The third kappa shape index (κ3) is 2.88. The molecular formula is C12H14ClN3O3S. The van der Waals surface area contributed by atoms with Crippen molar-refractivity contribution in [1.82, 2.24) is 14.9 Å². The van der Waals surface area contributed by atoms with Gasteiger partial charge in [-0.25, -0.2) is 14.8 Å². The van der Waals surface area contributed by atoms with Crippen molar-refractivity contribution >= 4 is 35.2 Å². The molecule has 1 saturated heterocycles. The zero-order valence-corrected chi connectivity index (χ0v) is 12.6. The van der Waals surface area contributed by atoms with Gasteiger partial charge in [-0.3, -0.25) is 4.79 Å². The number of carboxylic acids is 1. The van der Waals surface area contributed by atoms with Crippen LogP contribution < -0.4 is 0 Å².